The molecule has 0 radical (unpaired) electrons. The molecule has 180 valence electrons. The Hall–Kier alpha value is -3.08. The SMILES string of the molecule is O=C(O)C1C[C@@]2(C(F)(F)F)CN(C(=O)OCC3c4ccccc4-c4ccccc43)C[C@H]2S1(=O)=O. The van der Waals surface area contributed by atoms with E-state index in [1.807, 2.05) is 48.5 Å². The van der Waals surface area contributed by atoms with Crippen molar-refractivity contribution in [1.29, 1.82) is 0 Å². The Kier molecular flexibility index (Phi) is 4.98. The Morgan fingerprint density at radius 2 is 1.62 bits per heavy atom. The Balaban J connectivity index is 1.37. The first-order chi connectivity index (χ1) is 16.0. The number of carboxylic acids is 1. The van der Waals surface area contributed by atoms with Crippen LogP contribution in [0.4, 0.5) is 18.0 Å². The molecule has 0 saturated carbocycles. The molecule has 0 bridgehead atoms. The Labute approximate surface area is 193 Å². The lowest BCUT2D eigenvalue weighted by Crippen LogP contribution is -2.45. The van der Waals surface area contributed by atoms with Gasteiger partial charge in [0.1, 0.15) is 12.0 Å². The third kappa shape index (κ3) is 3.13. The van der Waals surface area contributed by atoms with Crippen LogP contribution in [0.15, 0.2) is 48.5 Å². The first-order valence-electron chi connectivity index (χ1n) is 10.6. The average molecular weight is 495 g/mol. The predicted molar refractivity (Wildman–Crippen MR) is 114 cm³/mol. The Morgan fingerprint density at radius 1 is 1.06 bits per heavy atom. The first-order valence-corrected chi connectivity index (χ1v) is 12.2. The van der Waals surface area contributed by atoms with Crippen LogP contribution >= 0.6 is 0 Å². The van der Waals surface area contributed by atoms with Gasteiger partial charge in [0.15, 0.2) is 15.1 Å². The summed E-state index contributed by atoms with van der Waals surface area (Å²) in [6.07, 6.45) is -7.18. The van der Waals surface area contributed by atoms with Crippen LogP contribution in [-0.2, 0) is 19.4 Å². The predicted octanol–water partition coefficient (Wildman–Crippen LogP) is 3.44. The number of hydrogen-bond donors (Lipinski definition) is 1. The smallest absolute Gasteiger partial charge is 0.409 e. The van der Waals surface area contributed by atoms with Crippen LogP contribution in [-0.4, -0.2) is 66.9 Å². The molecule has 7 nitrogen and oxygen atoms in total. The normalized spacial score (nSPS) is 27.2. The fourth-order valence-corrected chi connectivity index (χ4v) is 8.11. The maximum Gasteiger partial charge on any atom is 0.409 e. The van der Waals surface area contributed by atoms with E-state index in [0.717, 1.165) is 27.2 Å². The minimum Gasteiger partial charge on any atom is -0.480 e. The molecule has 0 aromatic heterocycles. The lowest BCUT2D eigenvalue weighted by molar-refractivity contribution is -0.217. The van der Waals surface area contributed by atoms with Gasteiger partial charge in [-0.3, -0.25) is 4.79 Å². The fourth-order valence-electron chi connectivity index (χ4n) is 5.58. The van der Waals surface area contributed by atoms with Crippen LogP contribution in [0.2, 0.25) is 0 Å². The van der Waals surface area contributed by atoms with Gasteiger partial charge in [0.25, 0.3) is 0 Å². The molecule has 11 heteroatoms. The van der Waals surface area contributed by atoms with Crippen molar-refractivity contribution in [2.45, 2.75) is 29.0 Å². The number of aliphatic carboxylic acids is 1. The van der Waals surface area contributed by atoms with E-state index in [9.17, 15) is 36.3 Å². The highest BCUT2D eigenvalue weighted by molar-refractivity contribution is 7.93. The quantitative estimate of drug-likeness (QED) is 0.700. The Bertz CT molecular complexity index is 1250. The topological polar surface area (TPSA) is 101 Å². The Morgan fingerprint density at radius 3 is 2.12 bits per heavy atom. The van der Waals surface area contributed by atoms with Crippen molar-refractivity contribution < 1.29 is 41.0 Å². The molecule has 2 fully saturated rings. The molecule has 2 aromatic rings. The van der Waals surface area contributed by atoms with Gasteiger partial charge >= 0.3 is 18.2 Å². The summed E-state index contributed by atoms with van der Waals surface area (Å²) in [6, 6.07) is 15.1. The standard InChI is InChI=1S/C23H20F3NO6S/c24-23(25,26)22-9-18(20(28)29)34(31,32)19(22)10-27(12-22)21(30)33-11-17-15-7-3-1-5-13(15)14-6-2-4-8-16(14)17/h1-8,17-19H,9-12H2,(H,28,29)/t18?,19-,22-/m1/s1. The maximum atomic E-state index is 14.0. The molecule has 2 aromatic carbocycles. The summed E-state index contributed by atoms with van der Waals surface area (Å²) in [6.45, 7) is -1.85. The van der Waals surface area contributed by atoms with Crippen LogP contribution in [0.25, 0.3) is 11.1 Å². The number of likely N-dealkylation sites (tertiary alicyclic amines) is 1. The van der Waals surface area contributed by atoms with Gasteiger partial charge in [-0.1, -0.05) is 48.5 Å². The molecule has 0 spiro atoms. The van der Waals surface area contributed by atoms with Crippen molar-refractivity contribution in [3.63, 3.8) is 0 Å². The van der Waals surface area contributed by atoms with E-state index < -0.39 is 63.5 Å². The molecular formula is C23H20F3NO6S. The lowest BCUT2D eigenvalue weighted by atomic mass is 9.81. The van der Waals surface area contributed by atoms with Gasteiger partial charge in [0.2, 0.25) is 0 Å². The molecule has 34 heavy (non-hydrogen) atoms. The number of carbonyl (C=O) groups excluding carboxylic acids is 1. The van der Waals surface area contributed by atoms with Crippen molar-refractivity contribution in [3.8, 4) is 11.1 Å². The van der Waals surface area contributed by atoms with Gasteiger partial charge in [0, 0.05) is 19.0 Å². The number of sulfone groups is 1. The van der Waals surface area contributed by atoms with Crippen molar-refractivity contribution in [1.82, 2.24) is 4.90 Å². The number of halogens is 3. The largest absolute Gasteiger partial charge is 0.480 e. The molecule has 2 aliphatic heterocycles. The maximum absolute atomic E-state index is 14.0. The molecule has 3 atom stereocenters. The van der Waals surface area contributed by atoms with Gasteiger partial charge < -0.3 is 14.7 Å². The highest BCUT2D eigenvalue weighted by Gasteiger charge is 2.74. The van der Waals surface area contributed by atoms with Gasteiger partial charge in [-0.15, -0.1) is 0 Å². The summed E-state index contributed by atoms with van der Waals surface area (Å²) >= 11 is 0. The summed E-state index contributed by atoms with van der Waals surface area (Å²) in [4.78, 5) is 24.8. The van der Waals surface area contributed by atoms with Crippen LogP contribution < -0.4 is 0 Å². The van der Waals surface area contributed by atoms with E-state index >= 15 is 0 Å². The van der Waals surface area contributed by atoms with E-state index in [1.165, 1.54) is 0 Å². The van der Waals surface area contributed by atoms with E-state index in [4.69, 9.17) is 4.74 Å². The number of fused-ring (bicyclic) bond motifs is 4. The van der Waals surface area contributed by atoms with Gasteiger partial charge in [0.05, 0.1) is 5.25 Å². The highest BCUT2D eigenvalue weighted by atomic mass is 32.2. The lowest BCUT2D eigenvalue weighted by Gasteiger charge is -2.30. The second kappa shape index (κ2) is 7.46. The molecule has 2 heterocycles. The minimum absolute atomic E-state index is 0.127. The molecule has 1 unspecified atom stereocenters. The third-order valence-electron chi connectivity index (χ3n) is 7.25. The van der Waals surface area contributed by atoms with Crippen molar-refractivity contribution >= 4 is 21.9 Å². The second-order valence-electron chi connectivity index (χ2n) is 8.95. The number of carboxylic acid groups (broad SMARTS) is 1. The van der Waals surface area contributed by atoms with Crippen molar-refractivity contribution in [2.24, 2.45) is 5.41 Å². The molecule has 2 saturated heterocycles. The van der Waals surface area contributed by atoms with E-state index in [1.54, 1.807) is 0 Å². The number of nitrogens with zero attached hydrogens (tertiary/aromatic N) is 1. The van der Waals surface area contributed by atoms with Crippen molar-refractivity contribution in [3.05, 3.63) is 59.7 Å². The summed E-state index contributed by atoms with van der Waals surface area (Å²) in [7, 11) is -4.65. The molecular weight excluding hydrogens is 475 g/mol. The second-order valence-corrected chi connectivity index (χ2v) is 11.3. The molecule has 5 rings (SSSR count). The number of rotatable bonds is 3. The highest BCUT2D eigenvalue weighted by Crippen LogP contribution is 2.57. The average Bonchev–Trinajstić information content (AvgIpc) is 3.40. The summed E-state index contributed by atoms with van der Waals surface area (Å²) in [5.41, 5.74) is 0.982. The summed E-state index contributed by atoms with van der Waals surface area (Å²) < 4.78 is 72.8. The van der Waals surface area contributed by atoms with Crippen molar-refractivity contribution in [2.75, 3.05) is 19.7 Å². The number of alkyl halides is 3. The number of carbonyl (C=O) groups is 2. The first kappa shape index (κ1) is 22.7. The molecule has 1 amide bonds. The van der Waals surface area contributed by atoms with Crippen LogP contribution in [0, 0.1) is 5.41 Å². The third-order valence-corrected chi connectivity index (χ3v) is 9.81. The molecule has 3 aliphatic rings. The number of ether oxygens (including phenoxy) is 1. The van der Waals surface area contributed by atoms with Crippen LogP contribution in [0.1, 0.15) is 23.5 Å². The summed E-state index contributed by atoms with van der Waals surface area (Å²) in [5.74, 6) is -2.12. The number of hydrogen-bond acceptors (Lipinski definition) is 5. The zero-order chi connectivity index (χ0) is 24.5. The van der Waals surface area contributed by atoms with E-state index in [-0.39, 0.29) is 12.5 Å². The van der Waals surface area contributed by atoms with Gasteiger partial charge in [-0.05, 0) is 28.7 Å². The van der Waals surface area contributed by atoms with Crippen LogP contribution in [0.5, 0.6) is 0 Å². The van der Waals surface area contributed by atoms with Gasteiger partial charge in [-0.2, -0.15) is 13.2 Å². The fraction of sp³-hybridized carbons (Fsp3) is 0.391. The minimum atomic E-state index is -5.01. The van der Waals surface area contributed by atoms with E-state index in [2.05, 4.69) is 0 Å². The van der Waals surface area contributed by atoms with Crippen LogP contribution in [0.3, 0.4) is 0 Å². The summed E-state index contributed by atoms with van der Waals surface area (Å²) in [5, 5.41) is 4.98. The number of amides is 1. The molecule has 1 aliphatic carbocycles. The number of benzene rings is 2. The monoisotopic (exact) mass is 495 g/mol. The zero-order valence-corrected chi connectivity index (χ0v) is 18.5. The van der Waals surface area contributed by atoms with Gasteiger partial charge in [-0.25, -0.2) is 13.2 Å². The molecule has 1 N–H and O–H groups in total. The van der Waals surface area contributed by atoms with E-state index in [0.29, 0.717) is 0 Å². The zero-order valence-electron chi connectivity index (χ0n) is 17.7.